The van der Waals surface area contributed by atoms with Gasteiger partial charge in [-0.2, -0.15) is 0 Å². The number of hydrogen-bond acceptors (Lipinski definition) is 7. The molecule has 3 N–H and O–H groups in total. The highest BCUT2D eigenvalue weighted by Gasteiger charge is 2.19. The average molecular weight is 428 g/mol. The molecule has 0 saturated carbocycles. The number of ketones is 1. The molecule has 158 valence electrons. The van der Waals surface area contributed by atoms with Gasteiger partial charge in [0, 0.05) is 23.1 Å². The number of non-ortho nitro benzene ring substituents is 1. The fraction of sp³-hybridized carbons (Fsp3) is 0. The van der Waals surface area contributed by atoms with Crippen LogP contribution in [0.2, 0.25) is 0 Å². The number of phenolic OH excluding ortho intramolecular Hbond substituents is 3. The van der Waals surface area contributed by atoms with Crippen molar-refractivity contribution in [2.45, 2.75) is 0 Å². The van der Waals surface area contributed by atoms with E-state index in [0.717, 1.165) is 6.07 Å². The molecule has 0 aliphatic rings. The van der Waals surface area contributed by atoms with Crippen LogP contribution in [0.25, 0.3) is 23.1 Å². The molecule has 1 aromatic heterocycles. The number of phenols is 3. The molecule has 0 fully saturated rings. The van der Waals surface area contributed by atoms with Crippen molar-refractivity contribution >= 4 is 34.5 Å². The number of carbonyl (C=O) groups is 1. The maximum absolute atomic E-state index is 12.9. The molecule has 3 aromatic carbocycles. The Kier molecular flexibility index (Phi) is 5.26. The number of aromatic hydroxyl groups is 3. The van der Waals surface area contributed by atoms with Crippen LogP contribution in [0.5, 0.6) is 17.2 Å². The molecule has 0 amide bonds. The van der Waals surface area contributed by atoms with Crippen molar-refractivity contribution in [1.29, 1.82) is 0 Å². The van der Waals surface area contributed by atoms with Gasteiger partial charge in [-0.25, -0.2) is 4.98 Å². The van der Waals surface area contributed by atoms with Gasteiger partial charge in [-0.05, 0) is 35.9 Å². The summed E-state index contributed by atoms with van der Waals surface area (Å²) in [5, 5.41) is 41.3. The van der Waals surface area contributed by atoms with E-state index < -0.39 is 10.7 Å². The van der Waals surface area contributed by atoms with Crippen LogP contribution in [-0.4, -0.2) is 31.0 Å². The lowest BCUT2D eigenvalue weighted by Gasteiger charge is -2.08. The third kappa shape index (κ3) is 3.97. The number of fused-ring (bicyclic) bond motifs is 1. The maximum Gasteiger partial charge on any atom is 0.270 e. The van der Waals surface area contributed by atoms with E-state index in [2.05, 4.69) is 4.98 Å². The summed E-state index contributed by atoms with van der Waals surface area (Å²) in [6.45, 7) is 0. The number of carbonyl (C=O) groups excluding carboxylic acids is 1. The van der Waals surface area contributed by atoms with Gasteiger partial charge in [0.2, 0.25) is 0 Å². The molecule has 4 rings (SSSR count). The molecule has 0 aliphatic heterocycles. The molecule has 32 heavy (non-hydrogen) atoms. The number of aromatic nitrogens is 1. The summed E-state index contributed by atoms with van der Waals surface area (Å²) in [6.07, 6.45) is 3.32. The van der Waals surface area contributed by atoms with E-state index in [9.17, 15) is 30.2 Å². The second-order valence-electron chi connectivity index (χ2n) is 6.99. The number of pyridine rings is 1. The Labute approximate surface area is 181 Å². The SMILES string of the molecule is O=C(c1cccc([N+](=O)[O-])c1)c1ccc2ccc(/C=C/c3ccc(O)c(O)c3)nc2c1O. The quantitative estimate of drug-likeness (QED) is 0.182. The van der Waals surface area contributed by atoms with Gasteiger partial charge < -0.3 is 15.3 Å². The number of nitro groups is 1. The first kappa shape index (κ1) is 20.5. The molecule has 0 aliphatic carbocycles. The van der Waals surface area contributed by atoms with Crippen LogP contribution in [0.15, 0.2) is 66.7 Å². The van der Waals surface area contributed by atoms with Gasteiger partial charge in [0.05, 0.1) is 16.2 Å². The summed E-state index contributed by atoms with van der Waals surface area (Å²) in [7, 11) is 0. The van der Waals surface area contributed by atoms with Crippen molar-refractivity contribution in [2.75, 3.05) is 0 Å². The molecule has 8 heteroatoms. The summed E-state index contributed by atoms with van der Waals surface area (Å²) in [6, 6.07) is 16.2. The topological polar surface area (TPSA) is 134 Å². The van der Waals surface area contributed by atoms with Crippen molar-refractivity contribution in [3.05, 3.63) is 99.2 Å². The lowest BCUT2D eigenvalue weighted by molar-refractivity contribution is -0.384. The summed E-state index contributed by atoms with van der Waals surface area (Å²) in [5.74, 6) is -1.36. The number of hydrogen-bond donors (Lipinski definition) is 3. The van der Waals surface area contributed by atoms with Crippen LogP contribution >= 0.6 is 0 Å². The van der Waals surface area contributed by atoms with Gasteiger partial charge in [-0.1, -0.05) is 36.4 Å². The molecule has 0 saturated heterocycles. The Balaban J connectivity index is 1.70. The molecule has 4 aromatic rings. The second kappa shape index (κ2) is 8.19. The average Bonchev–Trinajstić information content (AvgIpc) is 2.80. The van der Waals surface area contributed by atoms with Crippen LogP contribution < -0.4 is 0 Å². The molecule has 0 unspecified atom stereocenters. The number of benzene rings is 3. The number of rotatable bonds is 5. The second-order valence-corrected chi connectivity index (χ2v) is 6.99. The molecule has 0 bridgehead atoms. The van der Waals surface area contributed by atoms with Gasteiger partial charge in [0.15, 0.2) is 23.0 Å². The predicted octanol–water partition coefficient (Wildman–Crippen LogP) is 4.66. The minimum Gasteiger partial charge on any atom is -0.505 e. The van der Waals surface area contributed by atoms with Crippen LogP contribution in [0.1, 0.15) is 27.2 Å². The van der Waals surface area contributed by atoms with Crippen molar-refractivity contribution in [1.82, 2.24) is 4.98 Å². The standard InChI is InChI=1S/C24H16N2O6/c27-20-11-5-14(12-21(20)28)4-8-17-9-6-15-7-10-19(24(30)22(15)25-17)23(29)16-2-1-3-18(13-16)26(31)32/h1-13,27-28,30H/b8-4+. The molecule has 0 radical (unpaired) electrons. The van der Waals surface area contributed by atoms with Crippen molar-refractivity contribution in [3.8, 4) is 17.2 Å². The van der Waals surface area contributed by atoms with Crippen LogP contribution in [0.3, 0.4) is 0 Å². The van der Waals surface area contributed by atoms with E-state index in [4.69, 9.17) is 0 Å². The van der Waals surface area contributed by atoms with Gasteiger partial charge in [-0.3, -0.25) is 14.9 Å². The zero-order valence-corrected chi connectivity index (χ0v) is 16.5. The lowest BCUT2D eigenvalue weighted by atomic mass is 10.00. The summed E-state index contributed by atoms with van der Waals surface area (Å²) in [4.78, 5) is 27.7. The van der Waals surface area contributed by atoms with E-state index in [0.29, 0.717) is 16.6 Å². The van der Waals surface area contributed by atoms with Crippen LogP contribution in [0, 0.1) is 10.1 Å². The first-order valence-electron chi connectivity index (χ1n) is 9.45. The molecule has 0 spiro atoms. The fourth-order valence-corrected chi connectivity index (χ4v) is 3.21. The molecule has 0 atom stereocenters. The van der Waals surface area contributed by atoms with Gasteiger partial charge in [0.1, 0.15) is 5.52 Å². The van der Waals surface area contributed by atoms with E-state index in [1.807, 2.05) is 0 Å². The number of nitrogens with zero attached hydrogens (tertiary/aromatic N) is 2. The van der Waals surface area contributed by atoms with E-state index in [-0.39, 0.29) is 39.6 Å². The lowest BCUT2D eigenvalue weighted by Crippen LogP contribution is -2.03. The molecular formula is C24H16N2O6. The summed E-state index contributed by atoms with van der Waals surface area (Å²) < 4.78 is 0. The summed E-state index contributed by atoms with van der Waals surface area (Å²) in [5.41, 5.74) is 1.16. The largest absolute Gasteiger partial charge is 0.505 e. The van der Waals surface area contributed by atoms with Gasteiger partial charge >= 0.3 is 0 Å². The smallest absolute Gasteiger partial charge is 0.270 e. The Morgan fingerprint density at radius 3 is 2.44 bits per heavy atom. The van der Waals surface area contributed by atoms with E-state index in [1.54, 1.807) is 36.4 Å². The van der Waals surface area contributed by atoms with Crippen molar-refractivity contribution in [2.24, 2.45) is 0 Å². The Morgan fingerprint density at radius 1 is 0.906 bits per heavy atom. The van der Waals surface area contributed by atoms with Gasteiger partial charge in [-0.15, -0.1) is 0 Å². The highest BCUT2D eigenvalue weighted by molar-refractivity contribution is 6.13. The molecule has 8 nitrogen and oxygen atoms in total. The normalized spacial score (nSPS) is 11.1. The Bertz CT molecular complexity index is 1410. The Morgan fingerprint density at radius 2 is 1.69 bits per heavy atom. The zero-order valence-electron chi connectivity index (χ0n) is 16.5. The van der Waals surface area contributed by atoms with Crippen LogP contribution in [-0.2, 0) is 0 Å². The predicted molar refractivity (Wildman–Crippen MR) is 119 cm³/mol. The highest BCUT2D eigenvalue weighted by Crippen LogP contribution is 2.30. The van der Waals surface area contributed by atoms with E-state index in [1.165, 1.54) is 36.4 Å². The third-order valence-electron chi connectivity index (χ3n) is 4.87. The summed E-state index contributed by atoms with van der Waals surface area (Å²) >= 11 is 0. The van der Waals surface area contributed by atoms with Crippen LogP contribution in [0.4, 0.5) is 5.69 Å². The highest BCUT2D eigenvalue weighted by atomic mass is 16.6. The monoisotopic (exact) mass is 428 g/mol. The maximum atomic E-state index is 12.9. The minimum absolute atomic E-state index is 0.0184. The molecule has 1 heterocycles. The fourth-order valence-electron chi connectivity index (χ4n) is 3.21. The van der Waals surface area contributed by atoms with Crippen molar-refractivity contribution in [3.63, 3.8) is 0 Å². The van der Waals surface area contributed by atoms with E-state index >= 15 is 0 Å². The number of nitro benzene ring substituents is 1. The first-order chi connectivity index (χ1) is 15.3. The first-order valence-corrected chi connectivity index (χ1v) is 9.45. The van der Waals surface area contributed by atoms with Crippen molar-refractivity contribution < 1.29 is 25.0 Å². The minimum atomic E-state index is -0.592. The van der Waals surface area contributed by atoms with Gasteiger partial charge in [0.25, 0.3) is 5.69 Å². The zero-order chi connectivity index (χ0) is 22.8. The molecular weight excluding hydrogens is 412 g/mol. The third-order valence-corrected chi connectivity index (χ3v) is 4.87. The Hall–Kier alpha value is -4.72.